The number of nitrogens with zero attached hydrogens (tertiary/aromatic N) is 2. The van der Waals surface area contributed by atoms with Crippen LogP contribution in [0, 0.1) is 0 Å². The molecule has 67 heavy (non-hydrogen) atoms. The van der Waals surface area contributed by atoms with Crippen molar-refractivity contribution < 1.29 is 4.74 Å². The van der Waals surface area contributed by atoms with E-state index >= 15 is 0 Å². The van der Waals surface area contributed by atoms with Crippen molar-refractivity contribution in [2.24, 2.45) is 0 Å². The summed E-state index contributed by atoms with van der Waals surface area (Å²) in [6.07, 6.45) is 0. The number of anilines is 3. The lowest BCUT2D eigenvalue weighted by Gasteiger charge is -2.26. The molecule has 0 saturated carbocycles. The van der Waals surface area contributed by atoms with Crippen LogP contribution in [0.25, 0.3) is 82.8 Å². The highest BCUT2D eigenvalue weighted by Crippen LogP contribution is 2.40. The third-order valence-electron chi connectivity index (χ3n) is 12.9. The minimum atomic E-state index is 0.804. The number of hydrogen-bond donors (Lipinski definition) is 0. The Balaban J connectivity index is 0.877. The fourth-order valence-electron chi connectivity index (χ4n) is 9.56. The van der Waals surface area contributed by atoms with E-state index in [-0.39, 0.29) is 0 Å². The highest BCUT2D eigenvalue weighted by Gasteiger charge is 2.16. The molecule has 3 nitrogen and oxygen atoms in total. The van der Waals surface area contributed by atoms with Gasteiger partial charge in [0, 0.05) is 33.5 Å². The molecule has 0 aliphatic heterocycles. The molecule has 12 aromatic rings. The van der Waals surface area contributed by atoms with Gasteiger partial charge in [0.15, 0.2) is 0 Å². The Morgan fingerprint density at radius 1 is 0.284 bits per heavy atom. The Morgan fingerprint density at radius 3 is 1.33 bits per heavy atom. The zero-order valence-corrected chi connectivity index (χ0v) is 36.7. The number of hydrogen-bond acceptors (Lipinski definition) is 2. The Kier molecular flexibility index (Phi) is 10.2. The first-order valence-corrected chi connectivity index (χ1v) is 22.8. The van der Waals surface area contributed by atoms with Gasteiger partial charge in [-0.05, 0) is 140 Å². The summed E-state index contributed by atoms with van der Waals surface area (Å²) >= 11 is 0. The second kappa shape index (κ2) is 17.2. The van der Waals surface area contributed by atoms with E-state index in [2.05, 4.69) is 234 Å². The van der Waals surface area contributed by atoms with Crippen LogP contribution in [-0.4, -0.2) is 4.57 Å². The Morgan fingerprint density at radius 2 is 0.716 bits per heavy atom. The summed E-state index contributed by atoms with van der Waals surface area (Å²) in [6.45, 7) is 0. The maximum absolute atomic E-state index is 6.19. The van der Waals surface area contributed by atoms with Gasteiger partial charge in [0.25, 0.3) is 0 Å². The fraction of sp³-hybridized carbons (Fsp3) is 0. The molecule has 0 bridgehead atoms. The molecule has 11 aromatic carbocycles. The summed E-state index contributed by atoms with van der Waals surface area (Å²) in [7, 11) is 0. The summed E-state index contributed by atoms with van der Waals surface area (Å²) in [5.41, 5.74) is 16.1. The summed E-state index contributed by atoms with van der Waals surface area (Å²) in [5.74, 6) is 1.62. The van der Waals surface area contributed by atoms with E-state index in [1.165, 1.54) is 54.8 Å². The highest BCUT2D eigenvalue weighted by atomic mass is 16.5. The zero-order chi connectivity index (χ0) is 44.5. The fourth-order valence-corrected chi connectivity index (χ4v) is 9.56. The van der Waals surface area contributed by atoms with Crippen LogP contribution in [0.1, 0.15) is 0 Å². The predicted octanol–water partition coefficient (Wildman–Crippen LogP) is 17.9. The largest absolute Gasteiger partial charge is 0.457 e. The van der Waals surface area contributed by atoms with E-state index < -0.39 is 0 Å². The van der Waals surface area contributed by atoms with E-state index in [0.717, 1.165) is 56.5 Å². The molecule has 0 fully saturated rings. The lowest BCUT2D eigenvalue weighted by molar-refractivity contribution is 0.483. The molecule has 316 valence electrons. The average molecular weight is 857 g/mol. The van der Waals surface area contributed by atoms with Crippen molar-refractivity contribution >= 4 is 49.6 Å². The predicted molar refractivity (Wildman–Crippen MR) is 281 cm³/mol. The van der Waals surface area contributed by atoms with Gasteiger partial charge in [0.2, 0.25) is 0 Å². The maximum atomic E-state index is 6.19. The number of benzene rings is 11. The number of rotatable bonds is 10. The normalized spacial score (nSPS) is 11.3. The molecular weight excluding hydrogens is 813 g/mol. The Labute approximate surface area is 390 Å². The summed E-state index contributed by atoms with van der Waals surface area (Å²) < 4.78 is 8.57. The van der Waals surface area contributed by atoms with E-state index in [9.17, 15) is 0 Å². The lowest BCUT2D eigenvalue weighted by atomic mass is 9.96. The Bertz CT molecular complexity index is 3630. The smallest absolute Gasteiger partial charge is 0.128 e. The number of aromatic nitrogens is 1. The maximum Gasteiger partial charge on any atom is 0.128 e. The van der Waals surface area contributed by atoms with Gasteiger partial charge in [0.1, 0.15) is 11.5 Å². The van der Waals surface area contributed by atoms with Gasteiger partial charge in [-0.1, -0.05) is 182 Å². The topological polar surface area (TPSA) is 17.4 Å². The SMILES string of the molecule is c1ccc(Oc2cccc(-c3ccc(N(c4ccc(-c5ccc(-c6cccc7ccccc67)cc5)cc4)c4ccc(-c5cccc(-n6c7ccccc7c7ccccc76)c5)cc4)cc3)c2)cc1. The van der Waals surface area contributed by atoms with Crippen molar-refractivity contribution in [3.05, 3.63) is 267 Å². The van der Waals surface area contributed by atoms with Crippen LogP contribution >= 0.6 is 0 Å². The van der Waals surface area contributed by atoms with Crippen LogP contribution < -0.4 is 9.64 Å². The van der Waals surface area contributed by atoms with Crippen molar-refractivity contribution in [3.63, 3.8) is 0 Å². The van der Waals surface area contributed by atoms with Crippen LogP contribution in [0.15, 0.2) is 267 Å². The van der Waals surface area contributed by atoms with Gasteiger partial charge in [-0.2, -0.15) is 0 Å². The highest BCUT2D eigenvalue weighted by molar-refractivity contribution is 6.09. The van der Waals surface area contributed by atoms with E-state index in [1.54, 1.807) is 0 Å². The monoisotopic (exact) mass is 856 g/mol. The molecule has 0 saturated heterocycles. The van der Waals surface area contributed by atoms with Gasteiger partial charge >= 0.3 is 0 Å². The average Bonchev–Trinajstić information content (AvgIpc) is 3.74. The van der Waals surface area contributed by atoms with E-state index in [4.69, 9.17) is 4.74 Å². The lowest BCUT2D eigenvalue weighted by Crippen LogP contribution is -2.09. The minimum absolute atomic E-state index is 0.804. The second-order valence-corrected chi connectivity index (χ2v) is 16.9. The molecule has 0 aliphatic carbocycles. The number of fused-ring (bicyclic) bond motifs is 4. The van der Waals surface area contributed by atoms with Crippen molar-refractivity contribution in [3.8, 4) is 61.7 Å². The van der Waals surface area contributed by atoms with Crippen LogP contribution in [0.2, 0.25) is 0 Å². The van der Waals surface area contributed by atoms with Crippen molar-refractivity contribution in [2.45, 2.75) is 0 Å². The zero-order valence-electron chi connectivity index (χ0n) is 36.7. The van der Waals surface area contributed by atoms with Gasteiger partial charge in [-0.15, -0.1) is 0 Å². The molecule has 1 aromatic heterocycles. The standard InChI is InChI=1S/C64H44N2O/c1-2-18-57(19-3-1)67-58-20-11-16-52(44-58)48-35-41-55(42-36-48)65(53-37-31-46(32-38-53)45-27-29-50(30-28-45)60-24-12-14-49-13-4-5-21-59(49)60)54-39-33-47(34-40-54)51-15-10-17-56(43-51)66-63-25-8-6-22-61(63)62-23-7-9-26-64(62)66/h1-44H. The first-order valence-electron chi connectivity index (χ1n) is 22.8. The third kappa shape index (κ3) is 7.69. The summed E-state index contributed by atoms with van der Waals surface area (Å²) in [5, 5.41) is 5.03. The quantitative estimate of drug-likeness (QED) is 0.136. The molecule has 0 amide bonds. The molecule has 12 rings (SSSR count). The number of ether oxygens (including phenoxy) is 1. The van der Waals surface area contributed by atoms with Crippen LogP contribution in [0.5, 0.6) is 11.5 Å². The first-order chi connectivity index (χ1) is 33.2. The van der Waals surface area contributed by atoms with Crippen LogP contribution in [0.4, 0.5) is 17.1 Å². The molecule has 3 heteroatoms. The third-order valence-corrected chi connectivity index (χ3v) is 12.9. The van der Waals surface area contributed by atoms with Crippen LogP contribution in [0.3, 0.4) is 0 Å². The van der Waals surface area contributed by atoms with E-state index in [1.807, 2.05) is 42.5 Å². The van der Waals surface area contributed by atoms with Gasteiger partial charge < -0.3 is 14.2 Å². The Hall–Kier alpha value is -8.92. The summed E-state index contributed by atoms with van der Waals surface area (Å²) in [4.78, 5) is 2.34. The molecule has 0 radical (unpaired) electrons. The van der Waals surface area contributed by atoms with E-state index in [0.29, 0.717) is 0 Å². The van der Waals surface area contributed by atoms with Crippen molar-refractivity contribution in [1.82, 2.24) is 4.57 Å². The van der Waals surface area contributed by atoms with Crippen molar-refractivity contribution in [2.75, 3.05) is 4.90 Å². The van der Waals surface area contributed by atoms with Crippen LogP contribution in [-0.2, 0) is 0 Å². The van der Waals surface area contributed by atoms with Gasteiger partial charge in [0.05, 0.1) is 11.0 Å². The molecule has 0 aliphatic rings. The molecule has 1 heterocycles. The molecule has 0 atom stereocenters. The van der Waals surface area contributed by atoms with Crippen molar-refractivity contribution in [1.29, 1.82) is 0 Å². The molecule has 0 spiro atoms. The first kappa shape index (κ1) is 39.7. The van der Waals surface area contributed by atoms with Gasteiger partial charge in [-0.3, -0.25) is 0 Å². The summed E-state index contributed by atoms with van der Waals surface area (Å²) in [6, 6.07) is 95.2. The molecular formula is C64H44N2O. The number of para-hydroxylation sites is 3. The minimum Gasteiger partial charge on any atom is -0.457 e. The molecule has 0 unspecified atom stereocenters. The second-order valence-electron chi connectivity index (χ2n) is 16.9. The molecule has 0 N–H and O–H groups in total. The van der Waals surface area contributed by atoms with Gasteiger partial charge in [-0.25, -0.2) is 0 Å².